The number of aliphatic hydroxyl groups excluding tert-OH is 1. The molecule has 1 aromatic carbocycles. The maximum atomic E-state index is 13.4. The SMILES string of the molecule is CCCCCC1CN(CC(=O)NC2CCC(CO)CC2)C(=O)C2=CC(c3ccc(C)cc3)NN21. The van der Waals surface area contributed by atoms with Gasteiger partial charge in [-0.1, -0.05) is 56.0 Å². The van der Waals surface area contributed by atoms with Gasteiger partial charge in [-0.05, 0) is 56.6 Å². The molecule has 2 atom stereocenters. The fourth-order valence-corrected chi connectivity index (χ4v) is 5.42. The van der Waals surface area contributed by atoms with Crippen LogP contribution in [0.3, 0.4) is 0 Å². The van der Waals surface area contributed by atoms with E-state index >= 15 is 0 Å². The van der Waals surface area contributed by atoms with Gasteiger partial charge in [-0.25, -0.2) is 5.43 Å². The summed E-state index contributed by atoms with van der Waals surface area (Å²) in [6.45, 7) is 5.15. The Morgan fingerprint density at radius 3 is 2.56 bits per heavy atom. The van der Waals surface area contributed by atoms with Crippen LogP contribution in [0.25, 0.3) is 0 Å². The predicted molar refractivity (Wildman–Crippen MR) is 132 cm³/mol. The highest BCUT2D eigenvalue weighted by molar-refractivity contribution is 5.96. The molecule has 2 heterocycles. The highest BCUT2D eigenvalue weighted by Gasteiger charge is 2.41. The lowest BCUT2D eigenvalue weighted by Gasteiger charge is -2.41. The van der Waals surface area contributed by atoms with Gasteiger partial charge in [-0.3, -0.25) is 14.6 Å². The Morgan fingerprint density at radius 1 is 1.15 bits per heavy atom. The summed E-state index contributed by atoms with van der Waals surface area (Å²) in [5.74, 6) is 0.200. The molecule has 1 aliphatic carbocycles. The molecule has 34 heavy (non-hydrogen) atoms. The number of benzene rings is 1. The van der Waals surface area contributed by atoms with Crippen LogP contribution >= 0.6 is 0 Å². The average Bonchev–Trinajstić information content (AvgIpc) is 3.29. The van der Waals surface area contributed by atoms with Crippen molar-refractivity contribution >= 4 is 11.8 Å². The second-order valence-electron chi connectivity index (χ2n) is 10.2. The van der Waals surface area contributed by atoms with Crippen LogP contribution in [-0.4, -0.2) is 58.6 Å². The summed E-state index contributed by atoms with van der Waals surface area (Å²) < 4.78 is 0. The number of hydrazine groups is 1. The van der Waals surface area contributed by atoms with Crippen molar-refractivity contribution in [1.82, 2.24) is 20.7 Å². The van der Waals surface area contributed by atoms with Crippen molar-refractivity contribution in [3.8, 4) is 0 Å². The van der Waals surface area contributed by atoms with Crippen LogP contribution in [0.15, 0.2) is 36.0 Å². The third kappa shape index (κ3) is 5.81. The number of nitrogens with zero attached hydrogens (tertiary/aromatic N) is 2. The number of carbonyl (C=O) groups is 2. The number of aliphatic hydroxyl groups is 1. The number of hydrogen-bond donors (Lipinski definition) is 3. The predicted octanol–water partition coefficient (Wildman–Crippen LogP) is 3.20. The molecular formula is C27H40N4O3. The quantitative estimate of drug-likeness (QED) is 0.485. The first-order valence-corrected chi connectivity index (χ1v) is 13.0. The molecule has 4 rings (SSSR count). The number of unbranched alkanes of at least 4 members (excludes halogenated alkanes) is 2. The van der Waals surface area contributed by atoms with Gasteiger partial charge in [0.05, 0.1) is 18.6 Å². The highest BCUT2D eigenvalue weighted by atomic mass is 16.3. The summed E-state index contributed by atoms with van der Waals surface area (Å²) in [6.07, 6.45) is 10.1. The van der Waals surface area contributed by atoms with E-state index in [1.807, 2.05) is 6.08 Å². The second-order valence-corrected chi connectivity index (χ2v) is 10.2. The van der Waals surface area contributed by atoms with Crippen LogP contribution in [0.2, 0.25) is 0 Å². The molecule has 186 valence electrons. The lowest BCUT2D eigenvalue weighted by atomic mass is 9.86. The number of carbonyl (C=O) groups excluding carboxylic acids is 2. The smallest absolute Gasteiger partial charge is 0.271 e. The van der Waals surface area contributed by atoms with Gasteiger partial charge < -0.3 is 15.3 Å². The molecular weight excluding hydrogens is 428 g/mol. The molecule has 7 nitrogen and oxygen atoms in total. The van der Waals surface area contributed by atoms with Crippen LogP contribution in [0, 0.1) is 12.8 Å². The molecule has 2 amide bonds. The van der Waals surface area contributed by atoms with E-state index in [4.69, 9.17) is 0 Å². The van der Waals surface area contributed by atoms with E-state index in [2.05, 4.69) is 53.9 Å². The normalized spacial score (nSPS) is 26.9. The molecule has 2 unspecified atom stereocenters. The average molecular weight is 469 g/mol. The van der Waals surface area contributed by atoms with Gasteiger partial charge in [0.1, 0.15) is 5.70 Å². The van der Waals surface area contributed by atoms with Crippen molar-refractivity contribution in [2.45, 2.75) is 83.3 Å². The van der Waals surface area contributed by atoms with E-state index in [1.165, 1.54) is 5.56 Å². The van der Waals surface area contributed by atoms with Crippen LogP contribution < -0.4 is 10.7 Å². The molecule has 0 bridgehead atoms. The van der Waals surface area contributed by atoms with E-state index in [0.29, 0.717) is 18.2 Å². The lowest BCUT2D eigenvalue weighted by Crippen LogP contribution is -2.58. The molecule has 1 aromatic rings. The van der Waals surface area contributed by atoms with Crippen LogP contribution in [-0.2, 0) is 9.59 Å². The largest absolute Gasteiger partial charge is 0.396 e. The third-order valence-electron chi connectivity index (χ3n) is 7.55. The Bertz CT molecular complexity index is 876. The zero-order valence-electron chi connectivity index (χ0n) is 20.6. The number of amides is 2. The number of piperazine rings is 1. The van der Waals surface area contributed by atoms with Gasteiger partial charge in [0.15, 0.2) is 0 Å². The molecule has 0 radical (unpaired) electrons. The van der Waals surface area contributed by atoms with E-state index < -0.39 is 0 Å². The number of fused-ring (bicyclic) bond motifs is 1. The fourth-order valence-electron chi connectivity index (χ4n) is 5.42. The lowest BCUT2D eigenvalue weighted by molar-refractivity contribution is -0.139. The topological polar surface area (TPSA) is 84.9 Å². The van der Waals surface area contributed by atoms with Crippen molar-refractivity contribution in [1.29, 1.82) is 0 Å². The van der Waals surface area contributed by atoms with E-state index in [-0.39, 0.29) is 43.1 Å². The third-order valence-corrected chi connectivity index (χ3v) is 7.55. The van der Waals surface area contributed by atoms with Crippen molar-refractivity contribution in [2.75, 3.05) is 19.7 Å². The van der Waals surface area contributed by atoms with E-state index in [0.717, 1.165) is 56.9 Å². The summed E-state index contributed by atoms with van der Waals surface area (Å²) in [5.41, 5.74) is 6.56. The van der Waals surface area contributed by atoms with Crippen molar-refractivity contribution in [2.24, 2.45) is 5.92 Å². The molecule has 1 saturated heterocycles. The van der Waals surface area contributed by atoms with Crippen LogP contribution in [0.5, 0.6) is 0 Å². The Hall–Kier alpha value is -2.38. The molecule has 1 saturated carbocycles. The summed E-state index contributed by atoms with van der Waals surface area (Å²) in [7, 11) is 0. The van der Waals surface area contributed by atoms with Crippen molar-refractivity contribution in [3.05, 3.63) is 47.2 Å². The first kappa shape index (κ1) is 24.7. The number of rotatable bonds is 9. The molecule has 2 fully saturated rings. The van der Waals surface area contributed by atoms with Gasteiger partial charge in [-0.15, -0.1) is 0 Å². The number of nitrogens with one attached hydrogen (secondary N) is 2. The minimum absolute atomic E-state index is 0.0382. The fraction of sp³-hybridized carbons (Fsp3) is 0.630. The molecule has 7 heteroatoms. The minimum Gasteiger partial charge on any atom is -0.396 e. The molecule has 0 aromatic heterocycles. The Morgan fingerprint density at radius 2 is 1.88 bits per heavy atom. The maximum Gasteiger partial charge on any atom is 0.271 e. The van der Waals surface area contributed by atoms with Gasteiger partial charge in [0, 0.05) is 19.2 Å². The summed E-state index contributed by atoms with van der Waals surface area (Å²) in [6, 6.07) is 8.66. The monoisotopic (exact) mass is 468 g/mol. The molecule has 0 spiro atoms. The van der Waals surface area contributed by atoms with Gasteiger partial charge in [0.25, 0.3) is 5.91 Å². The highest BCUT2D eigenvalue weighted by Crippen LogP contribution is 2.32. The Balaban J connectivity index is 1.43. The molecule has 3 aliphatic rings. The maximum absolute atomic E-state index is 13.4. The summed E-state index contributed by atoms with van der Waals surface area (Å²) >= 11 is 0. The number of hydrogen-bond acceptors (Lipinski definition) is 5. The van der Waals surface area contributed by atoms with E-state index in [9.17, 15) is 14.7 Å². The standard InChI is InChI=1S/C27H40N4O3/c1-3-4-5-6-23-16-30(17-26(33)28-22-13-9-20(18-32)10-14-22)27(34)25-15-24(29-31(23)25)21-11-7-19(2)8-12-21/h7-8,11-12,15,20,22-24,29,32H,3-6,9-10,13-14,16-18H2,1-2H3,(H,28,33). The zero-order chi connectivity index (χ0) is 24.1. The molecule has 3 N–H and O–H groups in total. The van der Waals surface area contributed by atoms with Crippen molar-refractivity contribution < 1.29 is 14.7 Å². The second kappa shape index (κ2) is 11.4. The van der Waals surface area contributed by atoms with Crippen LogP contribution in [0.4, 0.5) is 0 Å². The van der Waals surface area contributed by atoms with Crippen LogP contribution in [0.1, 0.15) is 75.5 Å². The van der Waals surface area contributed by atoms with Gasteiger partial charge in [0.2, 0.25) is 5.91 Å². The minimum atomic E-state index is -0.0804. The summed E-state index contributed by atoms with van der Waals surface area (Å²) in [4.78, 5) is 28.0. The zero-order valence-corrected chi connectivity index (χ0v) is 20.6. The van der Waals surface area contributed by atoms with Gasteiger partial charge in [-0.2, -0.15) is 0 Å². The molecule has 2 aliphatic heterocycles. The van der Waals surface area contributed by atoms with E-state index in [1.54, 1.807) is 4.90 Å². The van der Waals surface area contributed by atoms with Crippen molar-refractivity contribution in [3.63, 3.8) is 0 Å². The first-order chi connectivity index (χ1) is 16.5. The Labute approximate surface area is 203 Å². The summed E-state index contributed by atoms with van der Waals surface area (Å²) in [5, 5.41) is 14.5. The first-order valence-electron chi connectivity index (χ1n) is 13.0. The number of aryl methyl sites for hydroxylation is 1. The van der Waals surface area contributed by atoms with Gasteiger partial charge >= 0.3 is 0 Å². The Kier molecular flexibility index (Phi) is 8.27.